The van der Waals surface area contributed by atoms with Crippen LogP contribution in [0.5, 0.6) is 11.5 Å². The van der Waals surface area contributed by atoms with Gasteiger partial charge < -0.3 is 24.2 Å². The summed E-state index contributed by atoms with van der Waals surface area (Å²) >= 11 is 0. The van der Waals surface area contributed by atoms with E-state index >= 15 is 0 Å². The standard InChI is InChI=1S/C29H24F5N3O6/c1-36(16-8-9-19-21(11-16)43-29(33,34)42-19)24(38)15-4-2-5-17(10-15)37-22-18(23(35-37)28(30,31)32)6-3-7-20(22)41-27-12-26(13-27,14-27)25(39)40/h2,4-5,8-11,20H,3,6-7,12-14H2,1H3,(H,39,40). The largest absolute Gasteiger partial charge is 0.586 e. The molecule has 0 saturated heterocycles. The Morgan fingerprint density at radius 2 is 1.81 bits per heavy atom. The first-order valence-corrected chi connectivity index (χ1v) is 13.6. The molecule has 43 heavy (non-hydrogen) atoms. The van der Waals surface area contributed by atoms with Crippen LogP contribution in [-0.4, -0.2) is 45.7 Å². The maximum atomic E-state index is 14.1. The fourth-order valence-electron chi connectivity index (χ4n) is 6.76. The first-order chi connectivity index (χ1) is 20.2. The fourth-order valence-corrected chi connectivity index (χ4v) is 6.76. The van der Waals surface area contributed by atoms with Crippen LogP contribution in [0.25, 0.3) is 5.69 Å². The molecule has 3 saturated carbocycles. The lowest BCUT2D eigenvalue weighted by Crippen LogP contribution is -2.71. The number of aliphatic carboxylic acids is 1. The number of fused-ring (bicyclic) bond motifs is 2. The van der Waals surface area contributed by atoms with E-state index in [-0.39, 0.29) is 46.1 Å². The maximum absolute atomic E-state index is 14.1. The number of nitrogens with zero attached hydrogens (tertiary/aromatic N) is 3. The van der Waals surface area contributed by atoms with Gasteiger partial charge in [0.2, 0.25) is 0 Å². The molecule has 0 spiro atoms. The van der Waals surface area contributed by atoms with Crippen molar-refractivity contribution < 1.29 is 50.9 Å². The van der Waals surface area contributed by atoms with Crippen LogP contribution < -0.4 is 14.4 Å². The van der Waals surface area contributed by atoms with Crippen molar-refractivity contribution in [2.24, 2.45) is 5.41 Å². The van der Waals surface area contributed by atoms with E-state index < -0.39 is 47.2 Å². The Kier molecular flexibility index (Phi) is 5.72. The van der Waals surface area contributed by atoms with Gasteiger partial charge in [-0.2, -0.15) is 18.3 Å². The molecule has 4 aliphatic carbocycles. The average molecular weight is 606 g/mol. The van der Waals surface area contributed by atoms with Gasteiger partial charge in [-0.15, -0.1) is 8.78 Å². The van der Waals surface area contributed by atoms with Crippen LogP contribution in [0.15, 0.2) is 42.5 Å². The van der Waals surface area contributed by atoms with Crippen LogP contribution in [0, 0.1) is 5.41 Å². The monoisotopic (exact) mass is 605 g/mol. The van der Waals surface area contributed by atoms with E-state index in [2.05, 4.69) is 14.6 Å². The summed E-state index contributed by atoms with van der Waals surface area (Å²) in [5.41, 5.74) is -1.73. The van der Waals surface area contributed by atoms with E-state index in [9.17, 15) is 36.6 Å². The molecular weight excluding hydrogens is 581 g/mol. The minimum Gasteiger partial charge on any atom is -0.481 e. The smallest absolute Gasteiger partial charge is 0.481 e. The number of anilines is 1. The van der Waals surface area contributed by atoms with Crippen molar-refractivity contribution in [2.75, 3.05) is 11.9 Å². The number of carbonyl (C=O) groups excluding carboxylic acids is 1. The third-order valence-corrected chi connectivity index (χ3v) is 8.73. The number of hydrogen-bond donors (Lipinski definition) is 1. The van der Waals surface area contributed by atoms with E-state index in [1.165, 1.54) is 59.1 Å². The molecule has 1 atom stereocenters. The van der Waals surface area contributed by atoms with Gasteiger partial charge in [0.05, 0.1) is 22.4 Å². The molecule has 226 valence electrons. The van der Waals surface area contributed by atoms with Gasteiger partial charge in [-0.3, -0.25) is 9.59 Å². The minimum atomic E-state index is -4.73. The van der Waals surface area contributed by atoms with Gasteiger partial charge >= 0.3 is 18.4 Å². The first kappa shape index (κ1) is 27.6. The van der Waals surface area contributed by atoms with Crippen LogP contribution in [-0.2, 0) is 22.1 Å². The highest BCUT2D eigenvalue weighted by atomic mass is 19.4. The predicted octanol–water partition coefficient (Wildman–Crippen LogP) is 5.89. The van der Waals surface area contributed by atoms with Gasteiger partial charge in [0.15, 0.2) is 17.2 Å². The Bertz CT molecular complexity index is 1670. The number of amides is 1. The van der Waals surface area contributed by atoms with E-state index in [1.54, 1.807) is 0 Å². The molecule has 3 aromatic rings. The SMILES string of the molecule is CN(C(=O)c1cccc(-n2nc(C(F)(F)F)c3c2C(OC24CC(C(=O)O)(C2)C4)CCC3)c1)c1ccc2c(c1)OC(F)(F)O2. The Labute approximate surface area is 240 Å². The molecule has 3 fully saturated rings. The summed E-state index contributed by atoms with van der Waals surface area (Å²) in [5.74, 6) is -1.89. The second-order valence-corrected chi connectivity index (χ2v) is 11.6. The lowest BCUT2D eigenvalue weighted by molar-refractivity contribution is -0.300. The van der Waals surface area contributed by atoms with Gasteiger partial charge in [-0.25, -0.2) is 4.68 Å². The van der Waals surface area contributed by atoms with E-state index in [4.69, 9.17) is 4.74 Å². The summed E-state index contributed by atoms with van der Waals surface area (Å²) in [5, 5.41) is 13.4. The van der Waals surface area contributed by atoms with Crippen molar-refractivity contribution in [1.82, 2.24) is 9.78 Å². The zero-order valence-electron chi connectivity index (χ0n) is 22.6. The second-order valence-electron chi connectivity index (χ2n) is 11.6. The lowest BCUT2D eigenvalue weighted by atomic mass is 9.41. The molecule has 5 aliphatic rings. The van der Waals surface area contributed by atoms with Crippen molar-refractivity contribution in [3.8, 4) is 17.2 Å². The Hall–Kier alpha value is -4.20. The number of carboxylic acids is 1. The molecule has 1 unspecified atom stereocenters. The van der Waals surface area contributed by atoms with Crippen molar-refractivity contribution in [1.29, 1.82) is 0 Å². The summed E-state index contributed by atoms with van der Waals surface area (Å²) in [6.07, 6.45) is -7.34. The first-order valence-electron chi connectivity index (χ1n) is 13.6. The number of ether oxygens (including phenoxy) is 3. The molecule has 2 aromatic carbocycles. The van der Waals surface area contributed by atoms with Gasteiger partial charge in [0.25, 0.3) is 5.91 Å². The maximum Gasteiger partial charge on any atom is 0.586 e. The number of alkyl halides is 5. The Morgan fingerprint density at radius 3 is 2.51 bits per heavy atom. The molecule has 1 aliphatic heterocycles. The summed E-state index contributed by atoms with van der Waals surface area (Å²) in [6, 6.07) is 9.77. The molecule has 1 aromatic heterocycles. The molecule has 8 rings (SSSR count). The highest BCUT2D eigenvalue weighted by Crippen LogP contribution is 2.70. The fraction of sp³-hybridized carbons (Fsp3) is 0.414. The number of benzene rings is 2. The highest BCUT2D eigenvalue weighted by Gasteiger charge is 2.73. The number of halogens is 5. The lowest BCUT2D eigenvalue weighted by Gasteiger charge is -2.67. The topological polar surface area (TPSA) is 103 Å². The quantitative estimate of drug-likeness (QED) is 0.350. The van der Waals surface area contributed by atoms with Gasteiger partial charge in [-0.05, 0) is 68.9 Å². The molecule has 14 heteroatoms. The number of aromatic nitrogens is 2. The van der Waals surface area contributed by atoms with Crippen molar-refractivity contribution >= 4 is 17.6 Å². The molecule has 2 heterocycles. The van der Waals surface area contributed by atoms with Crippen LogP contribution in [0.3, 0.4) is 0 Å². The van der Waals surface area contributed by atoms with Gasteiger partial charge in [0, 0.05) is 29.9 Å². The molecular formula is C29H24F5N3O6. The molecule has 2 bridgehead atoms. The van der Waals surface area contributed by atoms with E-state index in [1.807, 2.05) is 0 Å². The van der Waals surface area contributed by atoms with Crippen molar-refractivity contribution in [3.63, 3.8) is 0 Å². The van der Waals surface area contributed by atoms with Crippen molar-refractivity contribution in [2.45, 2.75) is 62.7 Å². The number of rotatable bonds is 6. The van der Waals surface area contributed by atoms with Crippen LogP contribution in [0.1, 0.15) is 65.5 Å². The zero-order chi connectivity index (χ0) is 30.5. The van der Waals surface area contributed by atoms with Crippen LogP contribution >= 0.6 is 0 Å². The third-order valence-electron chi connectivity index (χ3n) is 8.73. The van der Waals surface area contributed by atoms with Crippen LogP contribution in [0.2, 0.25) is 0 Å². The number of hydrogen-bond acceptors (Lipinski definition) is 6. The molecule has 1 amide bonds. The normalized spacial score (nSPS) is 26.2. The zero-order valence-corrected chi connectivity index (χ0v) is 22.6. The predicted molar refractivity (Wildman–Crippen MR) is 137 cm³/mol. The minimum absolute atomic E-state index is 0.0225. The third kappa shape index (κ3) is 4.33. The molecule has 9 nitrogen and oxygen atoms in total. The average Bonchev–Trinajstić information content (AvgIpc) is 3.45. The Balaban J connectivity index is 1.21. The second kappa shape index (κ2) is 8.91. The Morgan fingerprint density at radius 1 is 1.09 bits per heavy atom. The summed E-state index contributed by atoms with van der Waals surface area (Å²) < 4.78 is 85.7. The molecule has 1 N–H and O–H groups in total. The summed E-state index contributed by atoms with van der Waals surface area (Å²) in [7, 11) is 1.42. The van der Waals surface area contributed by atoms with Crippen LogP contribution in [0.4, 0.5) is 27.6 Å². The van der Waals surface area contributed by atoms with E-state index in [0.29, 0.717) is 32.1 Å². The molecule has 0 radical (unpaired) electrons. The van der Waals surface area contributed by atoms with E-state index in [0.717, 1.165) is 0 Å². The summed E-state index contributed by atoms with van der Waals surface area (Å²) in [6.45, 7) is 0. The van der Waals surface area contributed by atoms with Crippen molar-refractivity contribution in [3.05, 3.63) is 65.0 Å². The number of carboxylic acid groups (broad SMARTS) is 1. The number of carbonyl (C=O) groups is 2. The highest BCUT2D eigenvalue weighted by molar-refractivity contribution is 6.06. The van der Waals surface area contributed by atoms with Gasteiger partial charge in [0.1, 0.15) is 6.10 Å². The van der Waals surface area contributed by atoms with Gasteiger partial charge in [-0.1, -0.05) is 6.07 Å². The summed E-state index contributed by atoms with van der Waals surface area (Å²) in [4.78, 5) is 26.2.